The van der Waals surface area contributed by atoms with E-state index in [0.29, 0.717) is 24.9 Å². The highest BCUT2D eigenvalue weighted by atomic mass is 16.5. The third-order valence-electron chi connectivity index (χ3n) is 3.44. The van der Waals surface area contributed by atoms with Gasteiger partial charge in [-0.05, 0) is 36.2 Å². The molecular formula is C16H18N2O2. The van der Waals surface area contributed by atoms with Crippen molar-refractivity contribution >= 4 is 5.82 Å². The molecule has 0 bridgehead atoms. The van der Waals surface area contributed by atoms with Gasteiger partial charge in [0.2, 0.25) is 0 Å². The van der Waals surface area contributed by atoms with Crippen LogP contribution in [0, 0.1) is 12.8 Å². The Morgan fingerprint density at radius 2 is 1.85 bits per heavy atom. The van der Waals surface area contributed by atoms with Crippen LogP contribution in [0.1, 0.15) is 12.5 Å². The first kappa shape index (κ1) is 12.8. The Hall–Kier alpha value is -2.23. The summed E-state index contributed by atoms with van der Waals surface area (Å²) in [6.07, 6.45) is 1.78. The van der Waals surface area contributed by atoms with E-state index in [0.717, 1.165) is 28.2 Å². The lowest BCUT2D eigenvalue weighted by atomic mass is 10.1. The average Bonchev–Trinajstić information content (AvgIpc) is 2.64. The number of aromatic nitrogens is 1. The number of fused-ring (bicyclic) bond motifs is 1. The van der Waals surface area contributed by atoms with E-state index < -0.39 is 0 Å². The molecule has 0 aliphatic carbocycles. The van der Waals surface area contributed by atoms with Crippen LogP contribution in [0.2, 0.25) is 0 Å². The van der Waals surface area contributed by atoms with Crippen LogP contribution >= 0.6 is 0 Å². The lowest BCUT2D eigenvalue weighted by Crippen LogP contribution is -2.12. The second-order valence-corrected chi connectivity index (χ2v) is 5.31. The molecule has 2 aromatic rings. The van der Waals surface area contributed by atoms with Crippen LogP contribution in [0.3, 0.4) is 0 Å². The zero-order valence-electron chi connectivity index (χ0n) is 11.7. The lowest BCUT2D eigenvalue weighted by Gasteiger charge is -2.10. The van der Waals surface area contributed by atoms with Crippen LogP contribution < -0.4 is 15.2 Å². The minimum Gasteiger partial charge on any atom is -0.489 e. The molecule has 1 unspecified atom stereocenters. The maximum Gasteiger partial charge on any atom is 0.161 e. The molecule has 0 saturated heterocycles. The summed E-state index contributed by atoms with van der Waals surface area (Å²) in [5.74, 6) is 2.56. The Bertz CT molecular complexity index is 640. The summed E-state index contributed by atoms with van der Waals surface area (Å²) in [5.41, 5.74) is 8.81. The van der Waals surface area contributed by atoms with Gasteiger partial charge in [0.05, 0.1) is 13.2 Å². The van der Waals surface area contributed by atoms with Gasteiger partial charge in [-0.1, -0.05) is 13.0 Å². The van der Waals surface area contributed by atoms with Crippen molar-refractivity contribution in [3.05, 3.63) is 36.0 Å². The number of rotatable bonds is 1. The Morgan fingerprint density at radius 3 is 2.60 bits per heavy atom. The first-order valence-corrected chi connectivity index (χ1v) is 6.75. The maximum absolute atomic E-state index is 5.81. The van der Waals surface area contributed by atoms with Crippen molar-refractivity contribution in [3.8, 4) is 22.6 Å². The largest absolute Gasteiger partial charge is 0.489 e. The fourth-order valence-corrected chi connectivity index (χ4v) is 2.18. The first-order valence-electron chi connectivity index (χ1n) is 6.75. The van der Waals surface area contributed by atoms with Crippen LogP contribution in [0.4, 0.5) is 5.82 Å². The number of pyridine rings is 1. The normalized spacial score (nSPS) is 17.6. The number of hydrogen-bond donors (Lipinski definition) is 1. The number of hydrogen-bond acceptors (Lipinski definition) is 4. The number of nitrogens with two attached hydrogens (primary N) is 1. The van der Waals surface area contributed by atoms with Gasteiger partial charge in [-0.25, -0.2) is 4.98 Å². The SMILES string of the molecule is Cc1cc(-c2ccc3c(c2)OCC(C)CO3)cnc1N. The minimum absolute atomic E-state index is 0.395. The van der Waals surface area contributed by atoms with Gasteiger partial charge >= 0.3 is 0 Å². The predicted octanol–water partition coefficient (Wildman–Crippen LogP) is 3.05. The number of nitrogen functional groups attached to an aromatic ring is 1. The summed E-state index contributed by atoms with van der Waals surface area (Å²) in [6.45, 7) is 5.43. The second-order valence-electron chi connectivity index (χ2n) is 5.31. The number of anilines is 1. The summed E-state index contributed by atoms with van der Waals surface area (Å²) >= 11 is 0. The van der Waals surface area contributed by atoms with Crippen LogP contribution in [-0.4, -0.2) is 18.2 Å². The number of benzene rings is 1. The van der Waals surface area contributed by atoms with Gasteiger partial charge < -0.3 is 15.2 Å². The molecule has 1 aliphatic heterocycles. The first-order chi connectivity index (χ1) is 9.63. The highest BCUT2D eigenvalue weighted by Crippen LogP contribution is 2.35. The van der Waals surface area contributed by atoms with E-state index in [4.69, 9.17) is 15.2 Å². The van der Waals surface area contributed by atoms with Crippen molar-refractivity contribution in [3.63, 3.8) is 0 Å². The van der Waals surface area contributed by atoms with Crippen molar-refractivity contribution in [2.45, 2.75) is 13.8 Å². The number of nitrogens with zero attached hydrogens (tertiary/aromatic N) is 1. The monoisotopic (exact) mass is 270 g/mol. The van der Waals surface area contributed by atoms with Gasteiger partial charge in [0.1, 0.15) is 5.82 Å². The van der Waals surface area contributed by atoms with E-state index >= 15 is 0 Å². The molecule has 1 aliphatic rings. The van der Waals surface area contributed by atoms with Crippen LogP contribution in [-0.2, 0) is 0 Å². The molecule has 2 heterocycles. The molecule has 1 atom stereocenters. The van der Waals surface area contributed by atoms with Gasteiger partial charge in [-0.2, -0.15) is 0 Å². The smallest absolute Gasteiger partial charge is 0.161 e. The molecule has 0 saturated carbocycles. The Kier molecular flexibility index (Phi) is 3.22. The molecule has 0 spiro atoms. The standard InChI is InChI=1S/C16H18N2O2/c1-10-8-19-14-4-3-12(6-15(14)20-9-10)13-5-11(2)16(17)18-7-13/h3-7,10H,8-9H2,1-2H3,(H2,17,18). The molecular weight excluding hydrogens is 252 g/mol. The predicted molar refractivity (Wildman–Crippen MR) is 79.0 cm³/mol. The van der Waals surface area contributed by atoms with E-state index in [9.17, 15) is 0 Å². The van der Waals surface area contributed by atoms with Crippen molar-refractivity contribution in [2.75, 3.05) is 18.9 Å². The summed E-state index contributed by atoms with van der Waals surface area (Å²) in [5, 5.41) is 0. The highest BCUT2D eigenvalue weighted by molar-refractivity contribution is 5.68. The molecule has 0 amide bonds. The van der Waals surface area contributed by atoms with Crippen molar-refractivity contribution in [1.29, 1.82) is 0 Å². The zero-order valence-corrected chi connectivity index (χ0v) is 11.7. The van der Waals surface area contributed by atoms with Gasteiger partial charge in [0.25, 0.3) is 0 Å². The second kappa shape index (κ2) is 5.04. The van der Waals surface area contributed by atoms with Crippen molar-refractivity contribution in [2.24, 2.45) is 5.92 Å². The zero-order chi connectivity index (χ0) is 14.1. The number of ether oxygens (including phenoxy) is 2. The summed E-state index contributed by atoms with van der Waals surface area (Å²) in [4.78, 5) is 4.20. The molecule has 2 N–H and O–H groups in total. The topological polar surface area (TPSA) is 57.4 Å². The Morgan fingerprint density at radius 1 is 1.10 bits per heavy atom. The molecule has 1 aromatic heterocycles. The Labute approximate surface area is 118 Å². The fourth-order valence-electron chi connectivity index (χ4n) is 2.18. The molecule has 20 heavy (non-hydrogen) atoms. The van der Waals surface area contributed by atoms with Gasteiger partial charge in [0.15, 0.2) is 11.5 Å². The van der Waals surface area contributed by atoms with E-state index in [1.807, 2.05) is 31.2 Å². The summed E-state index contributed by atoms with van der Waals surface area (Å²) in [7, 11) is 0. The van der Waals surface area contributed by atoms with Crippen molar-refractivity contribution in [1.82, 2.24) is 4.98 Å². The van der Waals surface area contributed by atoms with Crippen molar-refractivity contribution < 1.29 is 9.47 Å². The summed E-state index contributed by atoms with van der Waals surface area (Å²) in [6, 6.07) is 8.00. The number of aryl methyl sites for hydroxylation is 1. The third kappa shape index (κ3) is 2.41. The average molecular weight is 270 g/mol. The van der Waals surface area contributed by atoms with E-state index in [1.54, 1.807) is 6.20 Å². The lowest BCUT2D eigenvalue weighted by molar-refractivity contribution is 0.228. The molecule has 4 nitrogen and oxygen atoms in total. The highest BCUT2D eigenvalue weighted by Gasteiger charge is 2.15. The molecule has 4 heteroatoms. The van der Waals surface area contributed by atoms with E-state index in [2.05, 4.69) is 11.9 Å². The van der Waals surface area contributed by atoms with Crippen LogP contribution in [0.5, 0.6) is 11.5 Å². The van der Waals surface area contributed by atoms with Gasteiger partial charge in [-0.3, -0.25) is 0 Å². The Balaban J connectivity index is 1.97. The molecule has 3 rings (SSSR count). The maximum atomic E-state index is 5.81. The van der Waals surface area contributed by atoms with Crippen LogP contribution in [0.15, 0.2) is 30.5 Å². The van der Waals surface area contributed by atoms with E-state index in [-0.39, 0.29) is 0 Å². The summed E-state index contributed by atoms with van der Waals surface area (Å²) < 4.78 is 11.5. The van der Waals surface area contributed by atoms with E-state index in [1.165, 1.54) is 0 Å². The quantitative estimate of drug-likeness (QED) is 0.865. The molecule has 0 fully saturated rings. The molecule has 1 aromatic carbocycles. The minimum atomic E-state index is 0.395. The van der Waals surface area contributed by atoms with Gasteiger partial charge in [0, 0.05) is 17.7 Å². The molecule has 104 valence electrons. The molecule has 0 radical (unpaired) electrons. The van der Waals surface area contributed by atoms with Gasteiger partial charge in [-0.15, -0.1) is 0 Å². The van der Waals surface area contributed by atoms with Crippen LogP contribution in [0.25, 0.3) is 11.1 Å². The third-order valence-corrected chi connectivity index (χ3v) is 3.44. The fraction of sp³-hybridized carbons (Fsp3) is 0.312.